The molecule has 6 heteroatoms. The topological polar surface area (TPSA) is 51.1 Å². The van der Waals surface area contributed by atoms with Crippen molar-refractivity contribution in [3.8, 4) is 0 Å². The number of carbonyl (C=O) groups excluding carboxylic acids is 1. The van der Waals surface area contributed by atoms with Gasteiger partial charge in [-0.05, 0) is 36.8 Å². The molecule has 0 saturated heterocycles. The minimum atomic E-state index is -0.358. The minimum Gasteiger partial charge on any atom is -0.326 e. The van der Waals surface area contributed by atoms with E-state index in [4.69, 9.17) is 0 Å². The second kappa shape index (κ2) is 6.34. The maximum absolute atomic E-state index is 13.5. The number of aromatic nitrogens is 1. The lowest BCUT2D eigenvalue weighted by molar-refractivity contribution is -0.116. The van der Waals surface area contributed by atoms with Gasteiger partial charge in [0.1, 0.15) is 5.82 Å². The molecule has 118 valence electrons. The first-order chi connectivity index (χ1) is 11.0. The number of hydrogen-bond donors (Lipinski definition) is 1. The zero-order valence-electron chi connectivity index (χ0n) is 12.5. The fourth-order valence-electron chi connectivity index (χ4n) is 2.33. The van der Waals surface area contributed by atoms with Crippen LogP contribution in [-0.4, -0.2) is 10.5 Å². The molecule has 0 aliphatic rings. The van der Waals surface area contributed by atoms with E-state index in [9.17, 15) is 14.0 Å². The molecule has 1 amide bonds. The third-order valence-electron chi connectivity index (χ3n) is 3.59. The number of carbonyl (C=O) groups is 1. The zero-order valence-corrected chi connectivity index (χ0v) is 13.3. The molecular formula is C17H15FN2O2S. The van der Waals surface area contributed by atoms with Gasteiger partial charge in [-0.1, -0.05) is 29.5 Å². The van der Waals surface area contributed by atoms with Crippen LogP contribution in [0.15, 0.2) is 47.3 Å². The molecule has 0 saturated carbocycles. The van der Waals surface area contributed by atoms with Gasteiger partial charge in [0, 0.05) is 18.7 Å². The Bertz CT molecular complexity index is 930. The molecule has 2 aromatic carbocycles. The highest BCUT2D eigenvalue weighted by Gasteiger charge is 2.09. The van der Waals surface area contributed by atoms with Gasteiger partial charge >= 0.3 is 4.87 Å². The Morgan fingerprint density at radius 1 is 1.26 bits per heavy atom. The van der Waals surface area contributed by atoms with Crippen molar-refractivity contribution in [2.24, 2.45) is 0 Å². The van der Waals surface area contributed by atoms with Crippen LogP contribution < -0.4 is 10.2 Å². The first-order valence-corrected chi connectivity index (χ1v) is 8.00. The predicted molar refractivity (Wildman–Crippen MR) is 90.5 cm³/mol. The van der Waals surface area contributed by atoms with Crippen molar-refractivity contribution < 1.29 is 9.18 Å². The Labute approximate surface area is 136 Å². The van der Waals surface area contributed by atoms with Crippen molar-refractivity contribution in [2.45, 2.75) is 19.9 Å². The Balaban J connectivity index is 1.70. The summed E-state index contributed by atoms with van der Waals surface area (Å²) in [6, 6.07) is 12.0. The monoisotopic (exact) mass is 330 g/mol. The number of halogens is 1. The largest absolute Gasteiger partial charge is 0.326 e. The molecule has 1 heterocycles. The minimum absolute atomic E-state index is 0.0830. The van der Waals surface area contributed by atoms with E-state index in [0.29, 0.717) is 17.8 Å². The summed E-state index contributed by atoms with van der Waals surface area (Å²) < 4.78 is 16.0. The first kappa shape index (κ1) is 15.4. The molecule has 4 nitrogen and oxygen atoms in total. The highest BCUT2D eigenvalue weighted by Crippen LogP contribution is 2.17. The molecule has 3 rings (SSSR count). The SMILES string of the molecule is Cc1ccc(NC(=O)CCn2c(=O)sc3ccccc32)cc1F. The van der Waals surface area contributed by atoms with Crippen LogP contribution in [0.25, 0.3) is 10.2 Å². The van der Waals surface area contributed by atoms with E-state index in [1.807, 2.05) is 24.3 Å². The van der Waals surface area contributed by atoms with Crippen molar-refractivity contribution >= 4 is 33.1 Å². The van der Waals surface area contributed by atoms with Crippen LogP contribution in [0.2, 0.25) is 0 Å². The Hall–Kier alpha value is -2.47. The summed E-state index contributed by atoms with van der Waals surface area (Å²) in [5.41, 5.74) is 1.77. The number of nitrogens with zero attached hydrogens (tertiary/aromatic N) is 1. The first-order valence-electron chi connectivity index (χ1n) is 7.19. The van der Waals surface area contributed by atoms with E-state index in [1.54, 1.807) is 23.6 Å². The summed E-state index contributed by atoms with van der Waals surface area (Å²) in [6.45, 7) is 1.96. The van der Waals surface area contributed by atoms with Crippen LogP contribution >= 0.6 is 11.3 Å². The number of thiazole rings is 1. The van der Waals surface area contributed by atoms with Gasteiger partial charge in [-0.15, -0.1) is 0 Å². The van der Waals surface area contributed by atoms with Gasteiger partial charge in [0.05, 0.1) is 10.2 Å². The summed E-state index contributed by atoms with van der Waals surface area (Å²) in [5.74, 6) is -0.613. The maximum Gasteiger partial charge on any atom is 0.308 e. The van der Waals surface area contributed by atoms with E-state index in [0.717, 1.165) is 21.6 Å². The molecule has 1 aromatic heterocycles. The Morgan fingerprint density at radius 2 is 2.04 bits per heavy atom. The number of benzene rings is 2. The number of amides is 1. The van der Waals surface area contributed by atoms with Crippen molar-refractivity contribution in [1.29, 1.82) is 0 Å². The van der Waals surface area contributed by atoms with E-state index >= 15 is 0 Å². The zero-order chi connectivity index (χ0) is 16.4. The van der Waals surface area contributed by atoms with Crippen molar-refractivity contribution in [1.82, 2.24) is 4.57 Å². The van der Waals surface area contributed by atoms with Crippen LogP contribution in [0.5, 0.6) is 0 Å². The normalized spacial score (nSPS) is 10.9. The second-order valence-electron chi connectivity index (χ2n) is 5.25. The lowest BCUT2D eigenvalue weighted by atomic mass is 10.2. The van der Waals surface area contributed by atoms with Crippen LogP contribution in [0.4, 0.5) is 10.1 Å². The summed E-state index contributed by atoms with van der Waals surface area (Å²) in [7, 11) is 0. The average Bonchev–Trinajstić information content (AvgIpc) is 2.84. The Morgan fingerprint density at radius 3 is 2.83 bits per heavy atom. The van der Waals surface area contributed by atoms with Crippen LogP contribution in [-0.2, 0) is 11.3 Å². The van der Waals surface area contributed by atoms with E-state index in [1.165, 1.54) is 6.07 Å². The lowest BCUT2D eigenvalue weighted by Crippen LogP contribution is -2.19. The highest BCUT2D eigenvalue weighted by atomic mass is 32.1. The molecule has 0 radical (unpaired) electrons. The van der Waals surface area contributed by atoms with Crippen LogP contribution in [0.3, 0.4) is 0 Å². The quantitative estimate of drug-likeness (QED) is 0.795. The summed E-state index contributed by atoms with van der Waals surface area (Å²) in [5, 5.41) is 2.65. The lowest BCUT2D eigenvalue weighted by Gasteiger charge is -2.07. The van der Waals surface area contributed by atoms with Gasteiger partial charge in [0.25, 0.3) is 0 Å². The highest BCUT2D eigenvalue weighted by molar-refractivity contribution is 7.16. The molecule has 0 spiro atoms. The number of rotatable bonds is 4. The summed E-state index contributed by atoms with van der Waals surface area (Å²) in [4.78, 5) is 23.9. The third kappa shape index (κ3) is 3.32. The van der Waals surface area contributed by atoms with E-state index < -0.39 is 0 Å². The molecule has 0 unspecified atom stereocenters. The number of aryl methyl sites for hydroxylation is 2. The van der Waals surface area contributed by atoms with Crippen molar-refractivity contribution in [3.63, 3.8) is 0 Å². The molecule has 0 bridgehead atoms. The summed E-state index contributed by atoms with van der Waals surface area (Å²) in [6.07, 6.45) is 0.149. The fraction of sp³-hybridized carbons (Fsp3) is 0.176. The van der Waals surface area contributed by atoms with Gasteiger partial charge in [0.2, 0.25) is 5.91 Å². The van der Waals surface area contributed by atoms with E-state index in [-0.39, 0.29) is 23.0 Å². The van der Waals surface area contributed by atoms with E-state index in [2.05, 4.69) is 5.32 Å². The number of fused-ring (bicyclic) bond motifs is 1. The molecular weight excluding hydrogens is 315 g/mol. The second-order valence-corrected chi connectivity index (χ2v) is 6.24. The van der Waals surface area contributed by atoms with Gasteiger partial charge in [-0.25, -0.2) is 4.39 Å². The molecule has 1 N–H and O–H groups in total. The molecule has 0 fully saturated rings. The predicted octanol–water partition coefficient (Wildman–Crippen LogP) is 3.54. The van der Waals surface area contributed by atoms with Crippen molar-refractivity contribution in [2.75, 3.05) is 5.32 Å². The van der Waals surface area contributed by atoms with Gasteiger partial charge in [-0.2, -0.15) is 0 Å². The van der Waals surface area contributed by atoms with Gasteiger partial charge in [-0.3, -0.25) is 14.2 Å². The van der Waals surface area contributed by atoms with Crippen LogP contribution in [0.1, 0.15) is 12.0 Å². The average molecular weight is 330 g/mol. The smallest absolute Gasteiger partial charge is 0.308 e. The number of hydrogen-bond acceptors (Lipinski definition) is 3. The number of nitrogens with one attached hydrogen (secondary N) is 1. The molecule has 0 aliphatic carbocycles. The number of para-hydroxylation sites is 1. The number of anilines is 1. The molecule has 23 heavy (non-hydrogen) atoms. The maximum atomic E-state index is 13.5. The van der Waals surface area contributed by atoms with Gasteiger partial charge in [0.15, 0.2) is 0 Å². The van der Waals surface area contributed by atoms with Crippen molar-refractivity contribution in [3.05, 3.63) is 63.5 Å². The molecule has 0 aliphatic heterocycles. The van der Waals surface area contributed by atoms with Gasteiger partial charge < -0.3 is 5.32 Å². The Kier molecular flexibility index (Phi) is 4.25. The third-order valence-corrected chi connectivity index (χ3v) is 4.55. The summed E-state index contributed by atoms with van der Waals surface area (Å²) >= 11 is 1.16. The molecule has 3 aromatic rings. The van der Waals surface area contributed by atoms with Crippen LogP contribution in [0, 0.1) is 12.7 Å². The fourth-order valence-corrected chi connectivity index (χ4v) is 3.25. The molecule has 0 atom stereocenters. The standard InChI is InChI=1S/C17H15FN2O2S/c1-11-6-7-12(10-13(11)18)19-16(21)8-9-20-14-4-2-3-5-15(14)23-17(20)22/h2-7,10H,8-9H2,1H3,(H,19,21).